The van der Waals surface area contributed by atoms with Crippen molar-refractivity contribution in [2.45, 2.75) is 51.4 Å². The summed E-state index contributed by atoms with van der Waals surface area (Å²) in [5.41, 5.74) is 0. The van der Waals surface area contributed by atoms with Gasteiger partial charge in [0, 0.05) is 60.7 Å². The van der Waals surface area contributed by atoms with Crippen LogP contribution in [0.15, 0.2) is 36.4 Å². The standard InChI is InChI=1S/C28H37IN4O6/c29-22-7-9-23(10-8-22)39-18-2-1-15-30-24(34)11-12-25(35)31-16-17-32-28(38)21-5-3-20(4-6-21)19-33-26(36)13-14-27(33)37/h7-10,13-14,20-21H,1-6,11-12,15-19H2,(H,30,34)(H,31,35)(H,32,38). The highest BCUT2D eigenvalue weighted by molar-refractivity contribution is 14.1. The van der Waals surface area contributed by atoms with Crippen LogP contribution in [0.25, 0.3) is 0 Å². The third-order valence-electron chi connectivity index (χ3n) is 6.86. The van der Waals surface area contributed by atoms with Crippen LogP contribution in [0, 0.1) is 15.4 Å². The molecule has 212 valence electrons. The fraction of sp³-hybridized carbons (Fsp3) is 0.536. The Labute approximate surface area is 242 Å². The van der Waals surface area contributed by atoms with Gasteiger partial charge in [-0.25, -0.2) is 0 Å². The lowest BCUT2D eigenvalue weighted by atomic mass is 9.81. The van der Waals surface area contributed by atoms with Crippen molar-refractivity contribution in [1.29, 1.82) is 0 Å². The first-order chi connectivity index (χ1) is 18.8. The van der Waals surface area contributed by atoms with Crippen molar-refractivity contribution >= 4 is 52.1 Å². The van der Waals surface area contributed by atoms with E-state index in [9.17, 15) is 24.0 Å². The lowest BCUT2D eigenvalue weighted by molar-refractivity contribution is -0.138. The summed E-state index contributed by atoms with van der Waals surface area (Å²) >= 11 is 2.24. The number of benzene rings is 1. The Morgan fingerprint density at radius 1 is 0.821 bits per heavy atom. The van der Waals surface area contributed by atoms with Crippen molar-refractivity contribution < 1.29 is 28.7 Å². The van der Waals surface area contributed by atoms with Gasteiger partial charge in [0.2, 0.25) is 17.7 Å². The van der Waals surface area contributed by atoms with Gasteiger partial charge in [-0.05, 0) is 91.3 Å². The van der Waals surface area contributed by atoms with Crippen LogP contribution < -0.4 is 20.7 Å². The summed E-state index contributed by atoms with van der Waals surface area (Å²) in [6, 6.07) is 7.84. The van der Waals surface area contributed by atoms with E-state index < -0.39 is 0 Å². The molecular weight excluding hydrogens is 615 g/mol. The first kappa shape index (κ1) is 30.6. The number of rotatable bonds is 15. The van der Waals surface area contributed by atoms with E-state index in [-0.39, 0.29) is 54.2 Å². The van der Waals surface area contributed by atoms with E-state index in [0.717, 1.165) is 35.0 Å². The van der Waals surface area contributed by atoms with Gasteiger partial charge < -0.3 is 20.7 Å². The SMILES string of the molecule is O=C(CCC(=O)NCCNC(=O)C1CCC(CN2C(=O)C=CC2=O)CC1)NCCCCOc1ccc(I)cc1. The summed E-state index contributed by atoms with van der Waals surface area (Å²) < 4.78 is 6.81. The van der Waals surface area contributed by atoms with Gasteiger partial charge in [-0.1, -0.05) is 0 Å². The molecule has 0 aromatic heterocycles. The number of imide groups is 1. The van der Waals surface area contributed by atoms with Gasteiger partial charge in [0.15, 0.2) is 0 Å². The zero-order chi connectivity index (χ0) is 28.0. The molecule has 1 aliphatic carbocycles. The molecule has 11 heteroatoms. The third kappa shape index (κ3) is 11.0. The molecule has 1 aromatic carbocycles. The van der Waals surface area contributed by atoms with Gasteiger partial charge in [-0.15, -0.1) is 0 Å². The molecule has 2 aliphatic rings. The maximum absolute atomic E-state index is 12.5. The molecule has 39 heavy (non-hydrogen) atoms. The molecule has 0 saturated heterocycles. The van der Waals surface area contributed by atoms with Gasteiger partial charge in [0.1, 0.15) is 5.75 Å². The van der Waals surface area contributed by atoms with Crippen LogP contribution in [0.5, 0.6) is 5.75 Å². The number of carbonyl (C=O) groups excluding carboxylic acids is 5. The van der Waals surface area contributed by atoms with Crippen LogP contribution in [0.2, 0.25) is 0 Å². The monoisotopic (exact) mass is 652 g/mol. The van der Waals surface area contributed by atoms with Crippen LogP contribution in [-0.2, 0) is 24.0 Å². The van der Waals surface area contributed by atoms with E-state index in [0.29, 0.717) is 45.6 Å². The Morgan fingerprint density at radius 2 is 1.41 bits per heavy atom. The lowest BCUT2D eigenvalue weighted by Gasteiger charge is -2.30. The molecule has 1 aromatic rings. The highest BCUT2D eigenvalue weighted by atomic mass is 127. The minimum absolute atomic E-state index is 0.0407. The average molecular weight is 653 g/mol. The number of hydrogen-bond donors (Lipinski definition) is 3. The van der Waals surface area contributed by atoms with Crippen molar-refractivity contribution in [3.05, 3.63) is 40.0 Å². The van der Waals surface area contributed by atoms with Gasteiger partial charge in [0.25, 0.3) is 11.8 Å². The molecule has 3 N–H and O–H groups in total. The number of unbranched alkanes of at least 4 members (excludes halogenated alkanes) is 1. The van der Waals surface area contributed by atoms with Crippen molar-refractivity contribution in [2.75, 3.05) is 32.8 Å². The second kappa shape index (κ2) is 16.2. The number of nitrogens with one attached hydrogen (secondary N) is 3. The maximum Gasteiger partial charge on any atom is 0.253 e. The first-order valence-corrected chi connectivity index (χ1v) is 14.6. The van der Waals surface area contributed by atoms with E-state index in [2.05, 4.69) is 38.5 Å². The fourth-order valence-electron chi connectivity index (χ4n) is 4.59. The second-order valence-corrected chi connectivity index (χ2v) is 11.1. The van der Waals surface area contributed by atoms with E-state index in [1.165, 1.54) is 17.1 Å². The van der Waals surface area contributed by atoms with Gasteiger partial charge in [-0.3, -0.25) is 28.9 Å². The van der Waals surface area contributed by atoms with E-state index >= 15 is 0 Å². The minimum atomic E-state index is -0.266. The number of nitrogens with zero attached hydrogens (tertiary/aromatic N) is 1. The maximum atomic E-state index is 12.5. The molecule has 0 unspecified atom stereocenters. The Hall–Kier alpha value is -2.96. The van der Waals surface area contributed by atoms with Crippen LogP contribution in [-0.4, -0.2) is 67.2 Å². The number of ether oxygens (including phenoxy) is 1. The number of halogens is 1. The molecule has 1 heterocycles. The third-order valence-corrected chi connectivity index (χ3v) is 7.58. The van der Waals surface area contributed by atoms with Crippen LogP contribution >= 0.6 is 22.6 Å². The molecule has 3 rings (SSSR count). The predicted octanol–water partition coefficient (Wildman–Crippen LogP) is 2.31. The molecule has 10 nitrogen and oxygen atoms in total. The number of amides is 5. The summed E-state index contributed by atoms with van der Waals surface area (Å²) in [5.74, 6) is -0.0161. The molecule has 5 amide bonds. The average Bonchev–Trinajstić information content (AvgIpc) is 3.25. The largest absolute Gasteiger partial charge is 0.494 e. The molecule has 1 fully saturated rings. The topological polar surface area (TPSA) is 134 Å². The summed E-state index contributed by atoms with van der Waals surface area (Å²) in [6.45, 7) is 2.15. The number of carbonyl (C=O) groups is 5. The highest BCUT2D eigenvalue weighted by Crippen LogP contribution is 2.30. The summed E-state index contributed by atoms with van der Waals surface area (Å²) in [5, 5.41) is 8.41. The molecule has 0 bridgehead atoms. The lowest BCUT2D eigenvalue weighted by Crippen LogP contribution is -2.40. The molecule has 1 aliphatic heterocycles. The van der Waals surface area contributed by atoms with E-state index in [4.69, 9.17) is 4.74 Å². The zero-order valence-corrected chi connectivity index (χ0v) is 24.2. The molecule has 0 atom stereocenters. The van der Waals surface area contributed by atoms with Gasteiger partial charge >= 0.3 is 0 Å². The van der Waals surface area contributed by atoms with Crippen LogP contribution in [0.3, 0.4) is 0 Å². The summed E-state index contributed by atoms with van der Waals surface area (Å²) in [7, 11) is 0. The van der Waals surface area contributed by atoms with E-state index in [1.54, 1.807) is 0 Å². The summed E-state index contributed by atoms with van der Waals surface area (Å²) in [6.07, 6.45) is 7.40. The van der Waals surface area contributed by atoms with Crippen molar-refractivity contribution in [1.82, 2.24) is 20.9 Å². The predicted molar refractivity (Wildman–Crippen MR) is 153 cm³/mol. The molecule has 0 spiro atoms. The normalized spacial score (nSPS) is 18.6. The Kier molecular flexibility index (Phi) is 12.7. The second-order valence-electron chi connectivity index (χ2n) is 9.84. The fourth-order valence-corrected chi connectivity index (χ4v) is 4.95. The Morgan fingerprint density at radius 3 is 2.05 bits per heavy atom. The van der Waals surface area contributed by atoms with Crippen LogP contribution in [0.1, 0.15) is 51.4 Å². The van der Waals surface area contributed by atoms with E-state index in [1.807, 2.05) is 24.3 Å². The first-order valence-electron chi connectivity index (χ1n) is 13.5. The summed E-state index contributed by atoms with van der Waals surface area (Å²) in [4.78, 5) is 61.1. The minimum Gasteiger partial charge on any atom is -0.494 e. The van der Waals surface area contributed by atoms with Crippen molar-refractivity contribution in [3.8, 4) is 5.75 Å². The van der Waals surface area contributed by atoms with Gasteiger partial charge in [-0.2, -0.15) is 0 Å². The smallest absolute Gasteiger partial charge is 0.253 e. The van der Waals surface area contributed by atoms with Gasteiger partial charge in [0.05, 0.1) is 6.61 Å². The molecular formula is C28H37IN4O6. The molecule has 0 radical (unpaired) electrons. The molecule has 1 saturated carbocycles. The van der Waals surface area contributed by atoms with Crippen molar-refractivity contribution in [3.63, 3.8) is 0 Å². The van der Waals surface area contributed by atoms with Crippen LogP contribution in [0.4, 0.5) is 0 Å². The highest BCUT2D eigenvalue weighted by Gasteiger charge is 2.31. The Balaban J connectivity index is 1.15. The quantitative estimate of drug-likeness (QED) is 0.151. The Bertz CT molecular complexity index is 1020. The number of hydrogen-bond acceptors (Lipinski definition) is 6. The zero-order valence-electron chi connectivity index (χ0n) is 22.1. The van der Waals surface area contributed by atoms with Crippen molar-refractivity contribution in [2.24, 2.45) is 11.8 Å².